The van der Waals surface area contributed by atoms with Crippen LogP contribution in [0, 0.1) is 17.2 Å². The molecule has 0 spiro atoms. The molecule has 1 aromatic carbocycles. The van der Waals surface area contributed by atoms with Crippen molar-refractivity contribution in [2.45, 2.75) is 25.3 Å². The number of halogens is 2. The first-order valence-electron chi connectivity index (χ1n) is 8.35. The molecule has 2 atom stereocenters. The summed E-state index contributed by atoms with van der Waals surface area (Å²) in [7, 11) is 1.33. The Morgan fingerprint density at radius 3 is 3.00 bits per heavy atom. The minimum atomic E-state index is -0.450. The lowest BCUT2D eigenvalue weighted by molar-refractivity contribution is 0.0599. The molecule has 1 aliphatic carbocycles. The van der Waals surface area contributed by atoms with E-state index in [9.17, 15) is 10.1 Å². The van der Waals surface area contributed by atoms with Gasteiger partial charge < -0.3 is 15.4 Å². The lowest BCUT2D eigenvalue weighted by atomic mass is 10.1. The van der Waals surface area contributed by atoms with Crippen LogP contribution in [0.4, 0.5) is 17.5 Å². The number of hydrogen-bond acceptors (Lipinski definition) is 7. The van der Waals surface area contributed by atoms with E-state index < -0.39 is 5.97 Å². The third-order valence-electron chi connectivity index (χ3n) is 4.38. The first kappa shape index (κ1) is 19.4. The minimum Gasteiger partial charge on any atom is -0.465 e. The number of esters is 1. The topological polar surface area (TPSA) is 99.9 Å². The quantitative estimate of drug-likeness (QED) is 0.646. The first-order valence-corrected chi connectivity index (χ1v) is 9.52. The number of ether oxygens (including phenoxy) is 1. The maximum atomic E-state index is 11.8. The SMILES string of the molecule is COC(=O)c1cc(Nc2ncc(Cl)c(N[C@@H]3CCC[C@H]3C#N)n2)ccc1Br. The Morgan fingerprint density at radius 2 is 2.26 bits per heavy atom. The van der Waals surface area contributed by atoms with E-state index in [-0.39, 0.29) is 12.0 Å². The second-order valence-corrected chi connectivity index (χ2v) is 7.38. The number of aromatic nitrogens is 2. The third-order valence-corrected chi connectivity index (χ3v) is 5.34. The predicted octanol–water partition coefficient (Wildman–Crippen LogP) is 4.53. The molecule has 1 fully saturated rings. The summed E-state index contributed by atoms with van der Waals surface area (Å²) in [4.78, 5) is 20.4. The van der Waals surface area contributed by atoms with E-state index in [4.69, 9.17) is 16.3 Å². The summed E-state index contributed by atoms with van der Waals surface area (Å²) < 4.78 is 5.40. The minimum absolute atomic E-state index is 0.0221. The van der Waals surface area contributed by atoms with Crippen molar-refractivity contribution < 1.29 is 9.53 Å². The summed E-state index contributed by atoms with van der Waals surface area (Å²) in [5, 5.41) is 15.9. The molecule has 1 heterocycles. The van der Waals surface area contributed by atoms with Gasteiger partial charge in [-0.25, -0.2) is 9.78 Å². The Kier molecular flexibility index (Phi) is 6.14. The van der Waals surface area contributed by atoms with Crippen molar-refractivity contribution in [1.82, 2.24) is 9.97 Å². The summed E-state index contributed by atoms with van der Waals surface area (Å²) in [6, 6.07) is 7.51. The summed E-state index contributed by atoms with van der Waals surface area (Å²) >= 11 is 9.54. The normalized spacial score (nSPS) is 18.6. The predicted molar refractivity (Wildman–Crippen MR) is 106 cm³/mol. The Hall–Kier alpha value is -2.37. The van der Waals surface area contributed by atoms with Crippen LogP contribution in [0.5, 0.6) is 0 Å². The Labute approximate surface area is 170 Å². The van der Waals surface area contributed by atoms with Crippen LogP contribution in [-0.4, -0.2) is 29.1 Å². The van der Waals surface area contributed by atoms with Crippen molar-refractivity contribution in [2.24, 2.45) is 5.92 Å². The van der Waals surface area contributed by atoms with E-state index in [1.54, 1.807) is 18.2 Å². The molecule has 0 saturated heterocycles. The molecule has 1 aliphatic rings. The third kappa shape index (κ3) is 4.49. The van der Waals surface area contributed by atoms with Gasteiger partial charge in [0.1, 0.15) is 5.02 Å². The van der Waals surface area contributed by atoms with Crippen LogP contribution >= 0.6 is 27.5 Å². The summed E-state index contributed by atoms with van der Waals surface area (Å²) in [5.74, 6) is 0.299. The van der Waals surface area contributed by atoms with Crippen molar-refractivity contribution in [3.63, 3.8) is 0 Å². The van der Waals surface area contributed by atoms with Gasteiger partial charge in [0.15, 0.2) is 5.82 Å². The smallest absolute Gasteiger partial charge is 0.339 e. The van der Waals surface area contributed by atoms with Crippen molar-refractivity contribution in [3.05, 3.63) is 39.5 Å². The number of benzene rings is 1. The van der Waals surface area contributed by atoms with Gasteiger partial charge in [-0.05, 0) is 53.4 Å². The highest BCUT2D eigenvalue weighted by Crippen LogP contribution is 2.30. The second-order valence-electron chi connectivity index (χ2n) is 6.12. The molecule has 3 rings (SSSR count). The number of rotatable bonds is 5. The summed E-state index contributed by atoms with van der Waals surface area (Å²) in [6.07, 6.45) is 4.27. The number of anilines is 3. The van der Waals surface area contributed by atoms with Gasteiger partial charge in [0.05, 0.1) is 30.9 Å². The van der Waals surface area contributed by atoms with Crippen LogP contribution in [0.2, 0.25) is 5.02 Å². The zero-order valence-electron chi connectivity index (χ0n) is 14.5. The maximum Gasteiger partial charge on any atom is 0.339 e. The number of nitrogens with one attached hydrogen (secondary N) is 2. The monoisotopic (exact) mass is 449 g/mol. The van der Waals surface area contributed by atoms with Crippen LogP contribution in [0.3, 0.4) is 0 Å². The fourth-order valence-corrected chi connectivity index (χ4v) is 3.54. The standard InChI is InChI=1S/C18H17BrClN5O2/c1-27-17(26)12-7-11(5-6-13(12)19)23-18-22-9-14(20)16(25-18)24-15-4-2-3-10(15)8-21/h5-7,9-10,15H,2-4H2,1H3,(H2,22,23,24,25)/t10-,15+/m0/s1. The molecule has 9 heteroatoms. The molecule has 7 nitrogen and oxygen atoms in total. The molecule has 0 bridgehead atoms. The van der Waals surface area contributed by atoms with Gasteiger partial charge in [-0.2, -0.15) is 10.2 Å². The fraction of sp³-hybridized carbons (Fsp3) is 0.333. The van der Waals surface area contributed by atoms with E-state index in [1.165, 1.54) is 13.3 Å². The van der Waals surface area contributed by atoms with Gasteiger partial charge in [0, 0.05) is 16.2 Å². The van der Waals surface area contributed by atoms with Gasteiger partial charge in [-0.1, -0.05) is 11.6 Å². The molecule has 0 amide bonds. The van der Waals surface area contributed by atoms with Crippen LogP contribution < -0.4 is 10.6 Å². The Balaban J connectivity index is 1.80. The molecule has 2 aromatic rings. The number of hydrogen-bond donors (Lipinski definition) is 2. The number of carbonyl (C=O) groups excluding carboxylic acids is 1. The first-order chi connectivity index (χ1) is 13.0. The van der Waals surface area contributed by atoms with E-state index >= 15 is 0 Å². The van der Waals surface area contributed by atoms with E-state index in [2.05, 4.69) is 42.6 Å². The van der Waals surface area contributed by atoms with Crippen LogP contribution in [-0.2, 0) is 4.74 Å². The highest BCUT2D eigenvalue weighted by Gasteiger charge is 2.28. The molecule has 1 aromatic heterocycles. The zero-order chi connectivity index (χ0) is 19.4. The van der Waals surface area contributed by atoms with E-state index in [0.29, 0.717) is 32.5 Å². The van der Waals surface area contributed by atoms with Gasteiger partial charge in [-0.15, -0.1) is 0 Å². The highest BCUT2D eigenvalue weighted by atomic mass is 79.9. The van der Waals surface area contributed by atoms with Crippen LogP contribution in [0.25, 0.3) is 0 Å². The summed E-state index contributed by atoms with van der Waals surface area (Å²) in [6.45, 7) is 0. The zero-order valence-corrected chi connectivity index (χ0v) is 16.8. The maximum absolute atomic E-state index is 11.8. The van der Waals surface area contributed by atoms with Crippen molar-refractivity contribution in [1.29, 1.82) is 5.26 Å². The van der Waals surface area contributed by atoms with E-state index in [1.807, 2.05) is 0 Å². The average Bonchev–Trinajstić information content (AvgIpc) is 3.12. The highest BCUT2D eigenvalue weighted by molar-refractivity contribution is 9.10. The van der Waals surface area contributed by atoms with Crippen LogP contribution in [0.1, 0.15) is 29.6 Å². The number of nitriles is 1. The van der Waals surface area contributed by atoms with Gasteiger partial charge >= 0.3 is 5.97 Å². The van der Waals surface area contributed by atoms with Crippen LogP contribution in [0.15, 0.2) is 28.9 Å². The second kappa shape index (κ2) is 8.55. The molecular formula is C18H17BrClN5O2. The number of carbonyl (C=O) groups is 1. The number of methoxy groups -OCH3 is 1. The Bertz CT molecular complexity index is 902. The molecule has 0 aliphatic heterocycles. The Morgan fingerprint density at radius 1 is 1.44 bits per heavy atom. The molecule has 140 valence electrons. The fourth-order valence-electron chi connectivity index (χ4n) is 2.99. The molecular weight excluding hydrogens is 434 g/mol. The molecule has 27 heavy (non-hydrogen) atoms. The molecule has 1 saturated carbocycles. The van der Waals surface area contributed by atoms with Gasteiger partial charge in [-0.3, -0.25) is 0 Å². The summed E-state index contributed by atoms with van der Waals surface area (Å²) in [5.41, 5.74) is 1.01. The van der Waals surface area contributed by atoms with Crippen molar-refractivity contribution in [3.8, 4) is 6.07 Å². The lowest BCUT2D eigenvalue weighted by Gasteiger charge is -2.17. The van der Waals surface area contributed by atoms with Gasteiger partial charge in [0.25, 0.3) is 0 Å². The molecule has 0 radical (unpaired) electrons. The number of nitrogens with zero attached hydrogens (tertiary/aromatic N) is 3. The lowest BCUT2D eigenvalue weighted by Crippen LogP contribution is -2.23. The van der Waals surface area contributed by atoms with E-state index in [0.717, 1.165) is 19.3 Å². The molecule has 2 N–H and O–H groups in total. The van der Waals surface area contributed by atoms with Crippen molar-refractivity contribution in [2.75, 3.05) is 17.7 Å². The van der Waals surface area contributed by atoms with Gasteiger partial charge in [0.2, 0.25) is 5.95 Å². The average molecular weight is 451 g/mol. The molecule has 0 unspecified atom stereocenters. The van der Waals surface area contributed by atoms with Crippen molar-refractivity contribution >= 4 is 51.0 Å². The largest absolute Gasteiger partial charge is 0.465 e.